The molecule has 2 aromatic rings. The van der Waals surface area contributed by atoms with Gasteiger partial charge in [0, 0.05) is 0 Å². The summed E-state index contributed by atoms with van der Waals surface area (Å²) in [6, 6.07) is 18.2. The second-order valence-corrected chi connectivity index (χ2v) is 6.70. The molecule has 1 saturated heterocycles. The molecule has 4 heteroatoms. The zero-order valence-electron chi connectivity index (χ0n) is 15.2. The fourth-order valence-electron chi connectivity index (χ4n) is 3.25. The van der Waals surface area contributed by atoms with Crippen molar-refractivity contribution in [3.05, 3.63) is 60.2 Å². The van der Waals surface area contributed by atoms with Gasteiger partial charge in [-0.15, -0.1) is 0 Å². The van der Waals surface area contributed by atoms with E-state index in [9.17, 15) is 0 Å². The second kappa shape index (κ2) is 9.44. The number of ether oxygens (including phenoxy) is 2. The summed E-state index contributed by atoms with van der Waals surface area (Å²) >= 11 is 0. The lowest BCUT2D eigenvalue weighted by Crippen LogP contribution is -3.28. The molecule has 1 aliphatic rings. The minimum Gasteiger partial charge on any atom is -0.489 e. The van der Waals surface area contributed by atoms with Crippen molar-refractivity contribution >= 4 is 0 Å². The van der Waals surface area contributed by atoms with Crippen LogP contribution in [-0.4, -0.2) is 45.9 Å². The molecule has 0 saturated carbocycles. The molecule has 1 aliphatic heterocycles. The third-order valence-corrected chi connectivity index (χ3v) is 4.96. The molecular formula is C21H30N2O2+2. The first-order valence-electron chi connectivity index (χ1n) is 9.40. The average molecular weight is 342 g/mol. The van der Waals surface area contributed by atoms with Crippen LogP contribution in [0.3, 0.4) is 0 Å². The Morgan fingerprint density at radius 3 is 2.00 bits per heavy atom. The predicted octanol–water partition coefficient (Wildman–Crippen LogP) is 0.448. The van der Waals surface area contributed by atoms with Gasteiger partial charge in [-0.1, -0.05) is 30.3 Å². The Morgan fingerprint density at radius 2 is 1.36 bits per heavy atom. The second-order valence-electron chi connectivity index (χ2n) is 6.70. The fraction of sp³-hybridized carbons (Fsp3) is 0.429. The van der Waals surface area contributed by atoms with E-state index in [0.29, 0.717) is 6.61 Å². The van der Waals surface area contributed by atoms with Crippen molar-refractivity contribution in [1.29, 1.82) is 0 Å². The highest BCUT2D eigenvalue weighted by Crippen LogP contribution is 2.18. The van der Waals surface area contributed by atoms with Crippen molar-refractivity contribution in [3.8, 4) is 11.5 Å². The minimum atomic E-state index is 0.593. The van der Waals surface area contributed by atoms with Crippen LogP contribution in [0.15, 0.2) is 54.6 Å². The van der Waals surface area contributed by atoms with E-state index in [4.69, 9.17) is 9.47 Å². The number of benzene rings is 2. The normalized spacial score (nSPS) is 20.2. The van der Waals surface area contributed by atoms with Crippen molar-refractivity contribution in [1.82, 2.24) is 0 Å². The molecule has 0 unspecified atom stereocenters. The molecule has 0 spiro atoms. The van der Waals surface area contributed by atoms with Gasteiger partial charge in [0.2, 0.25) is 0 Å². The van der Waals surface area contributed by atoms with Crippen molar-refractivity contribution in [2.75, 3.05) is 45.9 Å². The van der Waals surface area contributed by atoms with E-state index < -0.39 is 0 Å². The lowest BCUT2D eigenvalue weighted by Gasteiger charge is -2.28. The zero-order chi connectivity index (χ0) is 17.3. The highest BCUT2D eigenvalue weighted by Gasteiger charge is 2.20. The molecule has 25 heavy (non-hydrogen) atoms. The number of quaternary nitrogens is 2. The topological polar surface area (TPSA) is 27.3 Å². The summed E-state index contributed by atoms with van der Waals surface area (Å²) in [6.07, 6.45) is 0. The fourth-order valence-corrected chi connectivity index (χ4v) is 3.25. The Labute approximate surface area is 151 Å². The van der Waals surface area contributed by atoms with E-state index in [1.807, 2.05) is 42.5 Å². The Morgan fingerprint density at radius 1 is 0.760 bits per heavy atom. The van der Waals surface area contributed by atoms with Crippen LogP contribution in [0.5, 0.6) is 11.5 Å². The molecule has 1 heterocycles. The van der Waals surface area contributed by atoms with Crippen molar-refractivity contribution in [2.24, 2.45) is 0 Å². The number of hydrogen-bond acceptors (Lipinski definition) is 2. The van der Waals surface area contributed by atoms with E-state index in [1.54, 1.807) is 9.80 Å². The third-order valence-electron chi connectivity index (χ3n) is 4.96. The van der Waals surface area contributed by atoms with Crippen LogP contribution in [0.25, 0.3) is 0 Å². The maximum absolute atomic E-state index is 5.90. The summed E-state index contributed by atoms with van der Waals surface area (Å²) < 4.78 is 11.7. The average Bonchev–Trinajstić information content (AvgIpc) is 2.69. The van der Waals surface area contributed by atoms with E-state index in [0.717, 1.165) is 24.7 Å². The number of hydrogen-bond donors (Lipinski definition) is 2. The lowest BCUT2D eigenvalue weighted by atomic mass is 10.2. The monoisotopic (exact) mass is 342 g/mol. The smallest absolute Gasteiger partial charge is 0.137 e. The van der Waals surface area contributed by atoms with Gasteiger partial charge >= 0.3 is 0 Å². The SMILES string of the molecule is CC[NH+]1CC[NH+](CCOc2ccc(OCc3ccccc3)cc2)CC1. The summed E-state index contributed by atoms with van der Waals surface area (Å²) in [7, 11) is 0. The van der Waals surface area contributed by atoms with Crippen LogP contribution in [0.4, 0.5) is 0 Å². The van der Waals surface area contributed by atoms with Crippen LogP contribution in [0.1, 0.15) is 12.5 Å². The van der Waals surface area contributed by atoms with Crippen LogP contribution < -0.4 is 19.3 Å². The Bertz CT molecular complexity index is 608. The molecule has 0 aliphatic carbocycles. The first-order valence-corrected chi connectivity index (χ1v) is 9.40. The highest BCUT2D eigenvalue weighted by atomic mass is 16.5. The van der Waals surface area contributed by atoms with Gasteiger partial charge in [0.15, 0.2) is 0 Å². The molecule has 1 fully saturated rings. The number of piperazine rings is 1. The van der Waals surface area contributed by atoms with Gasteiger partial charge < -0.3 is 19.3 Å². The molecule has 4 nitrogen and oxygen atoms in total. The molecule has 0 bridgehead atoms. The van der Waals surface area contributed by atoms with Crippen LogP contribution in [0, 0.1) is 0 Å². The summed E-state index contributed by atoms with van der Waals surface area (Å²) in [5.74, 6) is 1.80. The first kappa shape index (κ1) is 17.8. The minimum absolute atomic E-state index is 0.593. The van der Waals surface area contributed by atoms with Gasteiger partial charge in [-0.3, -0.25) is 0 Å². The van der Waals surface area contributed by atoms with E-state index in [-0.39, 0.29) is 0 Å². The molecule has 0 radical (unpaired) electrons. The summed E-state index contributed by atoms with van der Waals surface area (Å²) in [5.41, 5.74) is 1.18. The largest absolute Gasteiger partial charge is 0.489 e. The molecule has 0 amide bonds. The van der Waals surface area contributed by atoms with Crippen LogP contribution in [0.2, 0.25) is 0 Å². The van der Waals surface area contributed by atoms with Gasteiger partial charge in [-0.25, -0.2) is 0 Å². The zero-order valence-corrected chi connectivity index (χ0v) is 15.2. The molecular weight excluding hydrogens is 312 g/mol. The predicted molar refractivity (Wildman–Crippen MR) is 99.5 cm³/mol. The lowest BCUT2D eigenvalue weighted by molar-refractivity contribution is -1.01. The third kappa shape index (κ3) is 5.76. The van der Waals surface area contributed by atoms with Gasteiger partial charge in [0.25, 0.3) is 0 Å². The van der Waals surface area contributed by atoms with Crippen molar-refractivity contribution in [3.63, 3.8) is 0 Å². The number of likely N-dealkylation sites (N-methyl/N-ethyl adjacent to an activating group) is 1. The maximum Gasteiger partial charge on any atom is 0.137 e. The summed E-state index contributed by atoms with van der Waals surface area (Å²) in [6.45, 7) is 11.1. The van der Waals surface area contributed by atoms with Crippen molar-refractivity contribution in [2.45, 2.75) is 13.5 Å². The molecule has 2 aromatic carbocycles. The van der Waals surface area contributed by atoms with Crippen molar-refractivity contribution < 1.29 is 19.3 Å². The maximum atomic E-state index is 5.90. The first-order chi connectivity index (χ1) is 12.3. The standard InChI is InChI=1S/C21H28N2O2/c1-2-22-12-14-23(15-13-22)16-17-24-20-8-10-21(11-9-20)25-18-19-6-4-3-5-7-19/h3-11H,2,12-18H2,1H3/p+2. The molecule has 0 aromatic heterocycles. The van der Waals surface area contributed by atoms with E-state index in [2.05, 4.69) is 19.1 Å². The summed E-state index contributed by atoms with van der Waals surface area (Å²) in [4.78, 5) is 3.40. The Kier molecular flexibility index (Phi) is 6.71. The number of rotatable bonds is 8. The highest BCUT2D eigenvalue weighted by molar-refractivity contribution is 5.31. The molecule has 2 N–H and O–H groups in total. The van der Waals surface area contributed by atoms with E-state index >= 15 is 0 Å². The molecule has 134 valence electrons. The van der Waals surface area contributed by atoms with Crippen LogP contribution >= 0.6 is 0 Å². The Balaban J connectivity index is 1.36. The van der Waals surface area contributed by atoms with E-state index in [1.165, 1.54) is 38.3 Å². The van der Waals surface area contributed by atoms with Crippen LogP contribution in [-0.2, 0) is 6.61 Å². The number of nitrogens with one attached hydrogen (secondary N) is 2. The summed E-state index contributed by atoms with van der Waals surface area (Å²) in [5, 5.41) is 0. The van der Waals surface area contributed by atoms with Gasteiger partial charge in [-0.2, -0.15) is 0 Å². The van der Waals surface area contributed by atoms with Gasteiger partial charge in [0.1, 0.15) is 57.4 Å². The Hall–Kier alpha value is -2.04. The van der Waals surface area contributed by atoms with Gasteiger partial charge in [0.05, 0.1) is 6.54 Å². The van der Waals surface area contributed by atoms with Gasteiger partial charge in [-0.05, 0) is 36.8 Å². The quantitative estimate of drug-likeness (QED) is 0.729. The molecule has 0 atom stereocenters. The molecule has 3 rings (SSSR count).